The van der Waals surface area contributed by atoms with Crippen molar-refractivity contribution in [2.24, 2.45) is 17.3 Å². The minimum Gasteiger partial charge on any atom is -0.486 e. The van der Waals surface area contributed by atoms with Gasteiger partial charge in [0.05, 0.1) is 24.8 Å². The number of carbonyl (C=O) groups is 5. The minimum absolute atomic E-state index is 0.00875. The molecular formula is C48H67BN2O13. The number of nitrogens with zero attached hydrogens (tertiary/aromatic N) is 1. The van der Waals surface area contributed by atoms with Gasteiger partial charge in [-0.1, -0.05) is 50.2 Å². The van der Waals surface area contributed by atoms with Crippen LogP contribution in [0, 0.1) is 17.3 Å². The van der Waals surface area contributed by atoms with Crippen LogP contribution in [0.4, 0.5) is 9.59 Å². The van der Waals surface area contributed by atoms with Crippen molar-refractivity contribution in [1.29, 1.82) is 0 Å². The number of alkyl carbamates (subject to hydrolysis) is 1. The van der Waals surface area contributed by atoms with Gasteiger partial charge in [-0.15, -0.1) is 0 Å². The summed E-state index contributed by atoms with van der Waals surface area (Å²) in [5, 5.41) is 2.56. The molecule has 350 valence electrons. The number of nitrogens with one attached hydrogen (secondary N) is 1. The van der Waals surface area contributed by atoms with Crippen LogP contribution in [0.15, 0.2) is 42.5 Å². The Bertz CT molecular complexity index is 2050. The van der Waals surface area contributed by atoms with E-state index in [0.29, 0.717) is 30.1 Å². The number of hydrogen-bond donors (Lipinski definition) is 1. The van der Waals surface area contributed by atoms with Gasteiger partial charge in [-0.2, -0.15) is 0 Å². The van der Waals surface area contributed by atoms with Crippen molar-refractivity contribution in [3.63, 3.8) is 0 Å². The number of esters is 2. The lowest BCUT2D eigenvalue weighted by Crippen LogP contribution is -2.65. The van der Waals surface area contributed by atoms with Crippen LogP contribution in [-0.4, -0.2) is 95.9 Å². The lowest BCUT2D eigenvalue weighted by molar-refractivity contribution is -0.199. The third-order valence-electron chi connectivity index (χ3n) is 12.4. The lowest BCUT2D eigenvalue weighted by Gasteiger charge is -2.64. The Kier molecular flexibility index (Phi) is 14.1. The van der Waals surface area contributed by atoms with Gasteiger partial charge in [0.2, 0.25) is 5.91 Å². The zero-order valence-electron chi connectivity index (χ0n) is 39.6. The van der Waals surface area contributed by atoms with Gasteiger partial charge in [-0.3, -0.25) is 4.79 Å². The maximum atomic E-state index is 14.1. The predicted octanol–water partition coefficient (Wildman–Crippen LogP) is 8.23. The summed E-state index contributed by atoms with van der Waals surface area (Å²) in [7, 11) is -0.498. The van der Waals surface area contributed by atoms with E-state index in [1.165, 1.54) is 0 Å². The van der Waals surface area contributed by atoms with E-state index in [9.17, 15) is 24.0 Å². The average Bonchev–Trinajstić information content (AvgIpc) is 3.50. The summed E-state index contributed by atoms with van der Waals surface area (Å²) >= 11 is 0. The normalized spacial score (nSPS) is 23.1. The average molecular weight is 891 g/mol. The first-order valence-corrected chi connectivity index (χ1v) is 22.5. The predicted molar refractivity (Wildman–Crippen MR) is 237 cm³/mol. The summed E-state index contributed by atoms with van der Waals surface area (Å²) in [6, 6.07) is 11.3. The summed E-state index contributed by atoms with van der Waals surface area (Å²) in [4.78, 5) is 68.3. The molecule has 2 aromatic rings. The van der Waals surface area contributed by atoms with Crippen LogP contribution in [-0.2, 0) is 50.9 Å². The Labute approximate surface area is 378 Å². The van der Waals surface area contributed by atoms with E-state index in [4.69, 9.17) is 37.7 Å². The van der Waals surface area contributed by atoms with Crippen LogP contribution < -0.4 is 14.8 Å². The van der Waals surface area contributed by atoms with Crippen molar-refractivity contribution in [3.05, 3.63) is 59.2 Å². The number of ether oxygens (including phenoxy) is 6. The van der Waals surface area contributed by atoms with Crippen LogP contribution in [0.2, 0.25) is 6.32 Å². The molecule has 64 heavy (non-hydrogen) atoms. The van der Waals surface area contributed by atoms with Gasteiger partial charge in [0.15, 0.2) is 5.75 Å². The third kappa shape index (κ3) is 11.9. The standard InChI is InChI=1S/C48H67BN2O13/c1-44(2,3)60-41(54)38-34(58-32-26-51(27-32)37(52)21-19-33(50-42(55)61-45(4,5)6)40(53)57-28-29-16-14-13-15-17-29)20-18-30(39(38)59-43(56)62-46(7,8)9)22-23-49-63-36-25-31-24-35(47(31,10)11)48(36,12)64-49/h13-18,20,31-33,35-36H,19,21-28H2,1-12H3,(H,50,55)/t31-,33+,35-,36+,48-/m0/s1. The Balaban J connectivity index is 1.15. The molecule has 2 saturated heterocycles. The molecule has 2 aliphatic heterocycles. The number of amides is 2. The molecule has 0 unspecified atom stereocenters. The summed E-state index contributed by atoms with van der Waals surface area (Å²) < 4.78 is 47.7. The monoisotopic (exact) mass is 890 g/mol. The Morgan fingerprint density at radius 1 is 0.859 bits per heavy atom. The first-order valence-electron chi connectivity index (χ1n) is 22.5. The van der Waals surface area contributed by atoms with Gasteiger partial charge in [-0.25, -0.2) is 19.2 Å². The quantitative estimate of drug-likeness (QED) is 0.0832. The molecular weight excluding hydrogens is 823 g/mol. The number of carbonyl (C=O) groups excluding carboxylic acids is 5. The molecule has 2 heterocycles. The number of aryl methyl sites for hydroxylation is 1. The fourth-order valence-corrected chi connectivity index (χ4v) is 9.09. The number of hydrogen-bond acceptors (Lipinski definition) is 13. The summed E-state index contributed by atoms with van der Waals surface area (Å²) in [6.45, 7) is 22.5. The lowest BCUT2D eigenvalue weighted by atomic mass is 9.43. The van der Waals surface area contributed by atoms with Crippen molar-refractivity contribution in [1.82, 2.24) is 10.2 Å². The highest BCUT2D eigenvalue weighted by Gasteiger charge is 2.67. The van der Waals surface area contributed by atoms with E-state index >= 15 is 0 Å². The number of rotatable bonds is 14. The zero-order valence-corrected chi connectivity index (χ0v) is 39.6. The smallest absolute Gasteiger partial charge is 0.486 e. The van der Waals surface area contributed by atoms with Crippen LogP contribution in [0.5, 0.6) is 11.5 Å². The van der Waals surface area contributed by atoms with Crippen LogP contribution in [0.25, 0.3) is 0 Å². The zero-order chi connectivity index (χ0) is 47.0. The fraction of sp³-hybridized carbons (Fsp3) is 0.646. The summed E-state index contributed by atoms with van der Waals surface area (Å²) in [5.41, 5.74) is -1.63. The third-order valence-corrected chi connectivity index (χ3v) is 12.4. The molecule has 3 aliphatic carbocycles. The second-order valence-electron chi connectivity index (χ2n) is 21.3. The van der Waals surface area contributed by atoms with E-state index in [2.05, 4.69) is 26.1 Å². The fourth-order valence-electron chi connectivity index (χ4n) is 9.09. The van der Waals surface area contributed by atoms with Gasteiger partial charge in [0.25, 0.3) is 0 Å². The van der Waals surface area contributed by atoms with Crippen molar-refractivity contribution in [3.8, 4) is 11.5 Å². The molecule has 0 radical (unpaired) electrons. The molecule has 2 aromatic carbocycles. The van der Waals surface area contributed by atoms with Crippen molar-refractivity contribution in [2.45, 2.75) is 169 Å². The molecule has 16 heteroatoms. The highest BCUT2D eigenvalue weighted by Crippen LogP contribution is 2.65. The Morgan fingerprint density at radius 2 is 1.52 bits per heavy atom. The SMILES string of the molecule is CC(C)(C)OC(=O)N[C@H](CCC(=O)N1CC(Oc2ccc(CCB3O[C@@H]4C[C@@H]5C[C@@H](C5(C)C)[C@]4(C)O3)c(OC(=O)OC(C)(C)C)c2C(=O)OC(C)(C)C)C1)C(=O)OCc1ccccc1. The number of likely N-dealkylation sites (tertiary alicyclic amines) is 1. The molecule has 0 spiro atoms. The van der Waals surface area contributed by atoms with Gasteiger partial charge in [-0.05, 0) is 136 Å². The topological polar surface area (TPSA) is 174 Å². The van der Waals surface area contributed by atoms with Crippen molar-refractivity contribution < 1.29 is 61.7 Å². The highest BCUT2D eigenvalue weighted by atomic mass is 16.7. The molecule has 3 saturated carbocycles. The maximum absolute atomic E-state index is 14.1. The first kappa shape index (κ1) is 48.6. The minimum atomic E-state index is -1.15. The van der Waals surface area contributed by atoms with Crippen molar-refractivity contribution in [2.75, 3.05) is 13.1 Å². The van der Waals surface area contributed by atoms with E-state index in [1.807, 2.05) is 30.3 Å². The maximum Gasteiger partial charge on any atom is 0.514 e. The summed E-state index contributed by atoms with van der Waals surface area (Å²) in [5.74, 6) is -0.726. The van der Waals surface area contributed by atoms with Gasteiger partial charge >= 0.3 is 31.3 Å². The van der Waals surface area contributed by atoms with E-state index < -0.39 is 65.9 Å². The van der Waals surface area contributed by atoms with E-state index in [0.717, 1.165) is 18.4 Å². The molecule has 0 aromatic heterocycles. The molecule has 15 nitrogen and oxygen atoms in total. The molecule has 1 N–H and O–H groups in total. The molecule has 2 bridgehead atoms. The largest absolute Gasteiger partial charge is 0.514 e. The molecule has 5 atom stereocenters. The molecule has 7 rings (SSSR count). The number of benzene rings is 2. The Hall–Kier alpha value is -4.83. The van der Waals surface area contributed by atoms with Crippen LogP contribution >= 0.6 is 0 Å². The second kappa shape index (κ2) is 18.6. The van der Waals surface area contributed by atoms with Crippen LogP contribution in [0.1, 0.15) is 130 Å². The van der Waals surface area contributed by atoms with E-state index in [-0.39, 0.29) is 67.0 Å². The second-order valence-corrected chi connectivity index (χ2v) is 21.3. The van der Waals surface area contributed by atoms with E-state index in [1.54, 1.807) is 79.3 Å². The molecule has 5 fully saturated rings. The Morgan fingerprint density at radius 3 is 2.14 bits per heavy atom. The van der Waals surface area contributed by atoms with Gasteiger partial charge < -0.3 is 47.9 Å². The van der Waals surface area contributed by atoms with Crippen LogP contribution in [0.3, 0.4) is 0 Å². The van der Waals surface area contributed by atoms with Crippen molar-refractivity contribution >= 4 is 37.2 Å². The van der Waals surface area contributed by atoms with Gasteiger partial charge in [0, 0.05) is 6.42 Å². The highest BCUT2D eigenvalue weighted by molar-refractivity contribution is 6.45. The molecule has 5 aliphatic rings. The summed E-state index contributed by atoms with van der Waals surface area (Å²) in [6.07, 6.45) is 0.320. The molecule has 2 amide bonds. The first-order chi connectivity index (χ1) is 29.7. The van der Waals surface area contributed by atoms with Gasteiger partial charge in [0.1, 0.15) is 46.9 Å².